The lowest BCUT2D eigenvalue weighted by Gasteiger charge is -2.08. The number of carbonyl (C=O) groups excluding carboxylic acids is 1. The van der Waals surface area contributed by atoms with Crippen molar-refractivity contribution in [3.63, 3.8) is 0 Å². The molecule has 21 heavy (non-hydrogen) atoms. The minimum atomic E-state index is -3.46. The van der Waals surface area contributed by atoms with Gasteiger partial charge in [0.1, 0.15) is 0 Å². The number of nitrogen functional groups attached to an aromatic ring is 1. The van der Waals surface area contributed by atoms with E-state index in [1.165, 1.54) is 11.8 Å². The van der Waals surface area contributed by atoms with Crippen LogP contribution in [0.15, 0.2) is 29.2 Å². The predicted molar refractivity (Wildman–Crippen MR) is 86.7 cm³/mol. The molecule has 0 atom stereocenters. The highest BCUT2D eigenvalue weighted by atomic mass is 32.2. The van der Waals surface area contributed by atoms with Crippen molar-refractivity contribution < 1.29 is 13.2 Å². The van der Waals surface area contributed by atoms with Gasteiger partial charge in [0.25, 0.3) is 0 Å². The van der Waals surface area contributed by atoms with E-state index in [0.717, 1.165) is 11.3 Å². The third-order valence-corrected chi connectivity index (χ3v) is 5.23. The summed E-state index contributed by atoms with van der Waals surface area (Å²) in [6.45, 7) is 2.25. The van der Waals surface area contributed by atoms with Crippen LogP contribution in [0, 0.1) is 0 Å². The third-order valence-electron chi connectivity index (χ3n) is 2.55. The summed E-state index contributed by atoms with van der Waals surface area (Å²) in [5.74, 6) is -0.00641. The lowest BCUT2D eigenvalue weighted by atomic mass is 10.3. The van der Waals surface area contributed by atoms with Crippen LogP contribution in [0.5, 0.6) is 0 Å². The Morgan fingerprint density at radius 1 is 1.33 bits per heavy atom. The molecule has 0 saturated carbocycles. The van der Waals surface area contributed by atoms with Crippen molar-refractivity contribution in [2.75, 3.05) is 30.3 Å². The Morgan fingerprint density at radius 2 is 2.05 bits per heavy atom. The molecule has 1 aromatic rings. The van der Waals surface area contributed by atoms with E-state index < -0.39 is 10.0 Å². The van der Waals surface area contributed by atoms with Crippen molar-refractivity contribution in [2.24, 2.45) is 0 Å². The van der Waals surface area contributed by atoms with Gasteiger partial charge in [-0.3, -0.25) is 4.79 Å². The van der Waals surface area contributed by atoms with Crippen LogP contribution < -0.4 is 15.8 Å². The fraction of sp³-hybridized carbons (Fsp3) is 0.462. The zero-order valence-electron chi connectivity index (χ0n) is 12.0. The fourth-order valence-corrected chi connectivity index (χ4v) is 3.78. The Kier molecular flexibility index (Phi) is 7.55. The van der Waals surface area contributed by atoms with Crippen LogP contribution in [0.1, 0.15) is 13.3 Å². The summed E-state index contributed by atoms with van der Waals surface area (Å²) in [7, 11) is -3.46. The maximum absolute atomic E-state index is 11.7. The van der Waals surface area contributed by atoms with E-state index in [1.807, 2.05) is 25.1 Å². The summed E-state index contributed by atoms with van der Waals surface area (Å²) < 4.78 is 25.8. The van der Waals surface area contributed by atoms with Gasteiger partial charge < -0.3 is 11.1 Å². The molecule has 0 unspecified atom stereocenters. The maximum Gasteiger partial charge on any atom is 0.235 e. The quantitative estimate of drug-likeness (QED) is 0.459. The molecule has 0 heterocycles. The monoisotopic (exact) mass is 331 g/mol. The Bertz CT molecular complexity index is 562. The van der Waals surface area contributed by atoms with Crippen LogP contribution in [0.3, 0.4) is 0 Å². The second-order valence-corrected chi connectivity index (χ2v) is 7.44. The number of benzene rings is 1. The lowest BCUT2D eigenvalue weighted by molar-refractivity contribution is -0.119. The Balaban J connectivity index is 2.33. The van der Waals surface area contributed by atoms with Crippen LogP contribution in [-0.4, -0.2) is 38.9 Å². The first kappa shape index (κ1) is 17.8. The van der Waals surface area contributed by atoms with Gasteiger partial charge in [-0.15, -0.1) is 11.8 Å². The van der Waals surface area contributed by atoms with Crippen LogP contribution in [0.2, 0.25) is 0 Å². The number of thioether (sulfide) groups is 1. The molecule has 1 aromatic carbocycles. The lowest BCUT2D eigenvalue weighted by Crippen LogP contribution is -2.38. The van der Waals surface area contributed by atoms with Crippen molar-refractivity contribution in [3.05, 3.63) is 24.3 Å². The van der Waals surface area contributed by atoms with Gasteiger partial charge in [-0.25, -0.2) is 13.1 Å². The second-order valence-electron chi connectivity index (χ2n) is 4.38. The molecule has 1 rings (SSSR count). The van der Waals surface area contributed by atoms with E-state index in [1.54, 1.807) is 6.07 Å². The molecule has 0 fully saturated rings. The van der Waals surface area contributed by atoms with Crippen molar-refractivity contribution in [2.45, 2.75) is 18.2 Å². The molecular weight excluding hydrogens is 310 g/mol. The topological polar surface area (TPSA) is 101 Å². The number of hydrogen-bond donors (Lipinski definition) is 3. The van der Waals surface area contributed by atoms with Crippen molar-refractivity contribution in [3.8, 4) is 0 Å². The first-order valence-corrected chi connectivity index (χ1v) is 9.29. The van der Waals surface area contributed by atoms with Gasteiger partial charge in [0, 0.05) is 22.9 Å². The second kappa shape index (κ2) is 8.91. The van der Waals surface area contributed by atoms with E-state index in [0.29, 0.717) is 18.0 Å². The third kappa shape index (κ3) is 7.35. The molecule has 0 saturated heterocycles. The van der Waals surface area contributed by atoms with Gasteiger partial charge in [-0.05, 0) is 18.6 Å². The van der Waals surface area contributed by atoms with Crippen molar-refractivity contribution in [1.82, 2.24) is 10.0 Å². The highest BCUT2D eigenvalue weighted by Crippen LogP contribution is 2.24. The average Bonchev–Trinajstić information content (AvgIpc) is 2.45. The molecule has 1 amide bonds. The van der Waals surface area contributed by atoms with E-state index in [9.17, 15) is 13.2 Å². The number of amides is 1. The molecule has 0 aliphatic rings. The number of sulfonamides is 1. The summed E-state index contributed by atoms with van der Waals surface area (Å²) in [6.07, 6.45) is 0.813. The van der Waals surface area contributed by atoms with Gasteiger partial charge in [0.05, 0.1) is 12.3 Å². The first-order chi connectivity index (χ1) is 9.94. The predicted octanol–water partition coefficient (Wildman–Crippen LogP) is 0.806. The van der Waals surface area contributed by atoms with Crippen molar-refractivity contribution in [1.29, 1.82) is 0 Å². The number of anilines is 1. The van der Waals surface area contributed by atoms with E-state index >= 15 is 0 Å². The average molecular weight is 331 g/mol. The smallest absolute Gasteiger partial charge is 0.235 e. The van der Waals surface area contributed by atoms with Gasteiger partial charge in [-0.2, -0.15) is 0 Å². The minimum Gasteiger partial charge on any atom is -0.398 e. The largest absolute Gasteiger partial charge is 0.398 e. The van der Waals surface area contributed by atoms with Crippen LogP contribution in [0.25, 0.3) is 0 Å². The molecule has 6 nitrogen and oxygen atoms in total. The minimum absolute atomic E-state index is 0.0624. The molecule has 118 valence electrons. The number of carbonyl (C=O) groups is 1. The van der Waals surface area contributed by atoms with Gasteiger partial charge >= 0.3 is 0 Å². The van der Waals surface area contributed by atoms with Crippen LogP contribution in [-0.2, 0) is 14.8 Å². The summed E-state index contributed by atoms with van der Waals surface area (Å²) >= 11 is 1.38. The van der Waals surface area contributed by atoms with E-state index in [4.69, 9.17) is 5.73 Å². The molecular formula is C13H21N3O3S2. The first-order valence-electron chi connectivity index (χ1n) is 6.66. The standard InChI is InChI=1S/C13H21N3O3S2/c1-2-7-15-13(17)10-16-21(18,19)9-8-20-12-6-4-3-5-11(12)14/h3-6,16H,2,7-10,14H2,1H3,(H,15,17). The molecule has 0 aliphatic heterocycles. The highest BCUT2D eigenvalue weighted by molar-refractivity contribution is 8.00. The number of nitrogens with one attached hydrogen (secondary N) is 2. The number of hydrogen-bond acceptors (Lipinski definition) is 5. The number of rotatable bonds is 9. The zero-order valence-corrected chi connectivity index (χ0v) is 13.6. The molecule has 4 N–H and O–H groups in total. The summed E-state index contributed by atoms with van der Waals surface area (Å²) in [6, 6.07) is 7.29. The van der Waals surface area contributed by atoms with Gasteiger partial charge in [0.15, 0.2) is 0 Å². The molecule has 0 aromatic heterocycles. The van der Waals surface area contributed by atoms with Crippen LogP contribution >= 0.6 is 11.8 Å². The Hall–Kier alpha value is -1.25. The normalized spacial score (nSPS) is 11.3. The molecule has 0 aliphatic carbocycles. The molecule has 0 radical (unpaired) electrons. The van der Waals surface area contributed by atoms with Gasteiger partial charge in [0.2, 0.25) is 15.9 Å². The summed E-state index contributed by atoms with van der Waals surface area (Å²) in [5.41, 5.74) is 6.41. The fourth-order valence-electron chi connectivity index (χ4n) is 1.45. The SMILES string of the molecule is CCCNC(=O)CNS(=O)(=O)CCSc1ccccc1N. The van der Waals surface area contributed by atoms with E-state index in [2.05, 4.69) is 10.0 Å². The molecule has 0 bridgehead atoms. The zero-order chi connectivity index (χ0) is 15.7. The van der Waals surface area contributed by atoms with E-state index in [-0.39, 0.29) is 18.2 Å². The summed E-state index contributed by atoms with van der Waals surface area (Å²) in [4.78, 5) is 12.2. The van der Waals surface area contributed by atoms with Gasteiger partial charge in [-0.1, -0.05) is 19.1 Å². The van der Waals surface area contributed by atoms with Crippen LogP contribution in [0.4, 0.5) is 5.69 Å². The Morgan fingerprint density at radius 3 is 2.71 bits per heavy atom. The Labute approximate surface area is 129 Å². The number of para-hydroxylation sites is 1. The molecule has 8 heteroatoms. The molecule has 0 spiro atoms. The highest BCUT2D eigenvalue weighted by Gasteiger charge is 2.12. The number of nitrogens with two attached hydrogens (primary N) is 1. The van der Waals surface area contributed by atoms with Crippen molar-refractivity contribution >= 4 is 33.4 Å². The maximum atomic E-state index is 11.7. The summed E-state index contributed by atoms with van der Waals surface area (Å²) in [5, 5.41) is 2.61.